The number of nitrogens with zero attached hydrogens (tertiary/aromatic N) is 2. The van der Waals surface area contributed by atoms with E-state index in [4.69, 9.17) is 25.8 Å². The lowest BCUT2D eigenvalue weighted by Gasteiger charge is -2.46. The van der Waals surface area contributed by atoms with Gasteiger partial charge >= 0.3 is 6.09 Å². The van der Waals surface area contributed by atoms with Gasteiger partial charge in [-0.15, -0.1) is 0 Å². The molecule has 10 nitrogen and oxygen atoms in total. The topological polar surface area (TPSA) is 114 Å². The van der Waals surface area contributed by atoms with Crippen molar-refractivity contribution in [3.63, 3.8) is 0 Å². The van der Waals surface area contributed by atoms with Gasteiger partial charge < -0.3 is 24.0 Å². The van der Waals surface area contributed by atoms with E-state index in [0.29, 0.717) is 36.2 Å². The van der Waals surface area contributed by atoms with Crippen LogP contribution >= 0.6 is 11.6 Å². The molecule has 1 saturated carbocycles. The van der Waals surface area contributed by atoms with Crippen LogP contribution in [0.5, 0.6) is 5.75 Å². The van der Waals surface area contributed by atoms with Crippen LogP contribution in [0, 0.1) is 11.8 Å². The number of benzene rings is 2. The number of rotatable bonds is 1. The highest BCUT2D eigenvalue weighted by Gasteiger charge is 2.45. The molecule has 2 amide bonds. The summed E-state index contributed by atoms with van der Waals surface area (Å²) >= 11 is 6.42. The molecule has 2 aromatic rings. The van der Waals surface area contributed by atoms with Crippen molar-refractivity contribution < 1.29 is 32.2 Å². The molecule has 0 saturated heterocycles. The highest BCUT2D eigenvalue weighted by molar-refractivity contribution is 7.90. The Morgan fingerprint density at radius 2 is 1.91 bits per heavy atom. The molecular weight excluding hydrogens is 642 g/mol. The van der Waals surface area contributed by atoms with Crippen LogP contribution in [0.3, 0.4) is 0 Å². The number of anilines is 1. The fraction of sp³-hybridized carbons (Fsp3) is 0.543. The summed E-state index contributed by atoms with van der Waals surface area (Å²) < 4.78 is 48.1. The van der Waals surface area contributed by atoms with Gasteiger partial charge in [-0.1, -0.05) is 23.7 Å². The number of carbonyl (C=O) groups excluding carboxylic acids is 2. The summed E-state index contributed by atoms with van der Waals surface area (Å²) in [4.78, 5) is 29.7. The monoisotopic (exact) mass is 685 g/mol. The lowest BCUT2D eigenvalue weighted by molar-refractivity contribution is -0.144. The summed E-state index contributed by atoms with van der Waals surface area (Å²) in [6.07, 6.45) is 6.70. The third-order valence-electron chi connectivity index (χ3n) is 10.1. The second kappa shape index (κ2) is 12.6. The molecule has 0 radical (unpaired) electrons. The maximum atomic E-state index is 13.6. The van der Waals surface area contributed by atoms with Gasteiger partial charge in [-0.25, -0.2) is 17.9 Å². The lowest BCUT2D eigenvalue weighted by atomic mass is 9.68. The Morgan fingerprint density at radius 3 is 2.64 bits per heavy atom. The lowest BCUT2D eigenvalue weighted by Crippen LogP contribution is -2.50. The maximum Gasteiger partial charge on any atom is 0.409 e. The Morgan fingerprint density at radius 1 is 1.13 bits per heavy atom. The molecule has 2 heterocycles. The second-order valence-corrected chi connectivity index (χ2v) is 16.2. The molecule has 254 valence electrons. The smallest absolute Gasteiger partial charge is 0.409 e. The molecule has 12 heteroatoms. The number of ether oxygens (including phenoxy) is 3. The molecule has 47 heavy (non-hydrogen) atoms. The SMILES string of the molecule is CC1C=C[C@H](OC(=O)N(C)C)[C@@H]2CC[C@H]2CN2C[C@@]3(CCCc4cc(Cl)ccc43)COc3ccc(cc32)S(=O)(=O)NC(=O)C(C)(C)O1. The normalized spacial score (nSPS) is 29.7. The van der Waals surface area contributed by atoms with E-state index in [1.807, 2.05) is 18.2 Å². The van der Waals surface area contributed by atoms with E-state index in [2.05, 4.69) is 15.7 Å². The zero-order valence-corrected chi connectivity index (χ0v) is 29.2. The molecule has 1 spiro atoms. The van der Waals surface area contributed by atoms with Crippen molar-refractivity contribution in [3.8, 4) is 5.75 Å². The summed E-state index contributed by atoms with van der Waals surface area (Å²) in [5.74, 6) is -0.0342. The fourth-order valence-corrected chi connectivity index (χ4v) is 8.73. The first kappa shape index (κ1) is 33.6. The van der Waals surface area contributed by atoms with Gasteiger partial charge in [-0.05, 0) is 106 Å². The first-order valence-electron chi connectivity index (χ1n) is 16.3. The average molecular weight is 686 g/mol. The number of hydrogen-bond donors (Lipinski definition) is 1. The fourth-order valence-electron chi connectivity index (χ4n) is 7.42. The molecule has 4 aliphatic rings. The minimum Gasteiger partial charge on any atom is -0.490 e. The molecule has 2 aromatic carbocycles. The van der Waals surface area contributed by atoms with Crippen molar-refractivity contribution in [2.24, 2.45) is 11.8 Å². The Balaban J connectivity index is 1.45. The van der Waals surface area contributed by atoms with Crippen molar-refractivity contribution in [3.05, 3.63) is 64.7 Å². The molecule has 0 aromatic heterocycles. The van der Waals surface area contributed by atoms with E-state index >= 15 is 0 Å². The van der Waals surface area contributed by atoms with Gasteiger partial charge in [0, 0.05) is 43.5 Å². The first-order valence-corrected chi connectivity index (χ1v) is 18.2. The Labute approximate surface area is 282 Å². The number of amides is 2. The highest BCUT2D eigenvalue weighted by atomic mass is 35.5. The molecule has 1 unspecified atom stereocenters. The van der Waals surface area contributed by atoms with E-state index < -0.39 is 39.8 Å². The van der Waals surface area contributed by atoms with Crippen molar-refractivity contribution >= 4 is 39.3 Å². The standard InChI is InChI=1S/C35H44ClN3O7S/c1-22-8-14-30(45-33(41)38(4)5)27-12-9-24(27)19-39-20-35(16-6-7-23-17-25(36)10-13-28(23)35)21-44-31-15-11-26(18-29(31)39)47(42,43)37-32(40)34(2,3)46-22/h8,10-11,13-15,17-18,22,24,27,30H,6-7,9,12,16,19-21H2,1-5H3,(H,37,40)/t22?,24-,27+,30-,35-/m0/s1. The zero-order chi connectivity index (χ0) is 33.7. The molecule has 2 aliphatic carbocycles. The number of nitrogens with one attached hydrogen (secondary N) is 1. The van der Waals surface area contributed by atoms with Crippen LogP contribution in [0.2, 0.25) is 5.02 Å². The van der Waals surface area contributed by atoms with E-state index in [0.717, 1.165) is 32.1 Å². The number of fused-ring (bicyclic) bond motifs is 4. The minimum atomic E-state index is -4.24. The minimum absolute atomic E-state index is 0.0273. The van der Waals surface area contributed by atoms with Crippen LogP contribution in [0.25, 0.3) is 0 Å². The van der Waals surface area contributed by atoms with Gasteiger partial charge in [0.2, 0.25) is 0 Å². The number of halogens is 1. The van der Waals surface area contributed by atoms with Gasteiger partial charge in [0.25, 0.3) is 15.9 Å². The quantitative estimate of drug-likeness (QED) is 0.394. The van der Waals surface area contributed by atoms with E-state index in [1.165, 1.54) is 35.9 Å². The molecule has 6 rings (SSSR count). The number of hydrogen-bond acceptors (Lipinski definition) is 8. The maximum absolute atomic E-state index is 13.6. The Kier molecular flexibility index (Phi) is 9.04. The summed E-state index contributed by atoms with van der Waals surface area (Å²) in [7, 11) is -0.937. The number of carbonyl (C=O) groups is 2. The third kappa shape index (κ3) is 6.71. The van der Waals surface area contributed by atoms with Crippen LogP contribution < -0.4 is 14.4 Å². The van der Waals surface area contributed by atoms with E-state index in [-0.39, 0.29) is 22.1 Å². The molecule has 5 atom stereocenters. The van der Waals surface area contributed by atoms with Gasteiger partial charge in [-0.3, -0.25) is 4.79 Å². The predicted octanol–water partition coefficient (Wildman–Crippen LogP) is 5.46. The largest absolute Gasteiger partial charge is 0.490 e. The summed E-state index contributed by atoms with van der Waals surface area (Å²) in [6.45, 7) is 6.45. The third-order valence-corrected chi connectivity index (χ3v) is 11.7. The van der Waals surface area contributed by atoms with Crippen LogP contribution in [0.15, 0.2) is 53.4 Å². The average Bonchev–Trinajstić information content (AvgIpc) is 3.14. The molecule has 2 bridgehead atoms. The Bertz CT molecular complexity index is 1690. The first-order chi connectivity index (χ1) is 22.2. The molecule has 1 fully saturated rings. The van der Waals surface area contributed by atoms with Gasteiger partial charge in [0.05, 0.1) is 23.3 Å². The van der Waals surface area contributed by atoms with E-state index in [9.17, 15) is 18.0 Å². The molecule has 2 aliphatic heterocycles. The van der Waals surface area contributed by atoms with Crippen LogP contribution in [0.1, 0.15) is 57.6 Å². The highest BCUT2D eigenvalue weighted by Crippen LogP contribution is 2.47. The van der Waals surface area contributed by atoms with Gasteiger partial charge in [0.1, 0.15) is 17.5 Å². The van der Waals surface area contributed by atoms with Gasteiger partial charge in [-0.2, -0.15) is 0 Å². The van der Waals surface area contributed by atoms with Crippen molar-refractivity contribution in [1.82, 2.24) is 9.62 Å². The van der Waals surface area contributed by atoms with Gasteiger partial charge in [0.15, 0.2) is 0 Å². The summed E-state index contributed by atoms with van der Waals surface area (Å²) in [6, 6.07) is 10.8. The number of sulfonamides is 1. The summed E-state index contributed by atoms with van der Waals surface area (Å²) in [5, 5.41) is 0.701. The van der Waals surface area contributed by atoms with Crippen LogP contribution in [-0.4, -0.2) is 76.9 Å². The second-order valence-electron chi connectivity index (χ2n) is 14.1. The van der Waals surface area contributed by atoms with Crippen LogP contribution in [-0.2, 0) is 36.1 Å². The predicted molar refractivity (Wildman–Crippen MR) is 179 cm³/mol. The van der Waals surface area contributed by atoms with Crippen molar-refractivity contribution in [2.75, 3.05) is 38.7 Å². The number of aryl methyl sites for hydroxylation is 1. The van der Waals surface area contributed by atoms with E-state index in [1.54, 1.807) is 39.2 Å². The molecular formula is C35H44ClN3O7S. The van der Waals surface area contributed by atoms with Crippen molar-refractivity contribution in [2.45, 2.75) is 81.0 Å². The molecule has 1 N–H and O–H groups in total. The summed E-state index contributed by atoms with van der Waals surface area (Å²) in [5.41, 5.74) is 1.23. The zero-order valence-electron chi connectivity index (χ0n) is 27.6. The Hall–Kier alpha value is -3.28. The van der Waals surface area contributed by atoms with Crippen LogP contribution in [0.4, 0.5) is 10.5 Å². The van der Waals surface area contributed by atoms with Crippen molar-refractivity contribution in [1.29, 1.82) is 0 Å².